The first kappa shape index (κ1) is 11.4. The van der Waals surface area contributed by atoms with Gasteiger partial charge in [-0.05, 0) is 37.8 Å². The average Bonchev–Trinajstić information content (AvgIpc) is 2.76. The van der Waals surface area contributed by atoms with Gasteiger partial charge in [-0.1, -0.05) is 13.0 Å². The van der Waals surface area contributed by atoms with Crippen molar-refractivity contribution in [3.8, 4) is 5.88 Å². The molecule has 0 bridgehead atoms. The van der Waals surface area contributed by atoms with Crippen LogP contribution in [0.1, 0.15) is 31.0 Å². The Morgan fingerprint density at radius 3 is 3.12 bits per heavy atom. The number of nitrogens with zero attached hydrogens (tertiary/aromatic N) is 1. The second kappa shape index (κ2) is 5.85. The minimum absolute atomic E-state index is 0.700. The molecule has 1 aliphatic carbocycles. The van der Waals surface area contributed by atoms with E-state index in [-0.39, 0.29) is 0 Å². The minimum Gasteiger partial charge on any atom is -0.476 e. The van der Waals surface area contributed by atoms with Gasteiger partial charge in [-0.25, -0.2) is 4.98 Å². The van der Waals surface area contributed by atoms with Crippen molar-refractivity contribution in [2.75, 3.05) is 19.7 Å². The maximum Gasteiger partial charge on any atom is 0.213 e. The number of rotatable bonds is 6. The molecule has 1 aliphatic rings. The molecular weight excluding hydrogens is 200 g/mol. The smallest absolute Gasteiger partial charge is 0.213 e. The molecule has 0 aliphatic heterocycles. The van der Waals surface area contributed by atoms with Crippen LogP contribution < -0.4 is 10.1 Å². The van der Waals surface area contributed by atoms with E-state index in [1.165, 1.54) is 24.1 Å². The molecule has 3 nitrogen and oxygen atoms in total. The Morgan fingerprint density at radius 1 is 1.31 bits per heavy atom. The summed E-state index contributed by atoms with van der Waals surface area (Å²) in [7, 11) is 0. The van der Waals surface area contributed by atoms with Crippen LogP contribution in [-0.4, -0.2) is 24.7 Å². The predicted molar refractivity (Wildman–Crippen MR) is 64.9 cm³/mol. The first-order valence-corrected chi connectivity index (χ1v) is 6.22. The summed E-state index contributed by atoms with van der Waals surface area (Å²) in [5.74, 6) is 0.777. The molecule has 0 saturated heterocycles. The van der Waals surface area contributed by atoms with E-state index in [0.717, 1.165) is 31.8 Å². The lowest BCUT2D eigenvalue weighted by molar-refractivity contribution is 0.302. The molecule has 0 fully saturated rings. The Morgan fingerprint density at radius 2 is 2.25 bits per heavy atom. The van der Waals surface area contributed by atoms with E-state index in [9.17, 15) is 0 Å². The summed E-state index contributed by atoms with van der Waals surface area (Å²) < 4.78 is 5.60. The molecule has 2 rings (SSSR count). The molecule has 0 saturated carbocycles. The second-order valence-electron chi connectivity index (χ2n) is 4.21. The lowest BCUT2D eigenvalue weighted by atomic mass is 10.2. The van der Waals surface area contributed by atoms with Gasteiger partial charge < -0.3 is 10.1 Å². The Hall–Kier alpha value is -1.09. The first-order chi connectivity index (χ1) is 7.90. The number of fused-ring (bicyclic) bond motifs is 1. The maximum absolute atomic E-state index is 5.60. The van der Waals surface area contributed by atoms with Crippen molar-refractivity contribution in [1.82, 2.24) is 10.3 Å². The Kier molecular flexibility index (Phi) is 4.17. The number of aromatic nitrogens is 1. The zero-order valence-electron chi connectivity index (χ0n) is 9.96. The van der Waals surface area contributed by atoms with Crippen LogP contribution in [0.4, 0.5) is 0 Å². The number of hydrogen-bond acceptors (Lipinski definition) is 3. The molecular formula is C13H20N2O. The summed E-state index contributed by atoms with van der Waals surface area (Å²) in [6.07, 6.45) is 4.70. The third kappa shape index (κ3) is 2.95. The van der Waals surface area contributed by atoms with Crippen LogP contribution in [0.3, 0.4) is 0 Å². The van der Waals surface area contributed by atoms with E-state index in [2.05, 4.69) is 23.3 Å². The van der Waals surface area contributed by atoms with Crippen LogP contribution in [0.25, 0.3) is 0 Å². The number of hydrogen-bond donors (Lipinski definition) is 1. The third-order valence-corrected chi connectivity index (χ3v) is 2.86. The summed E-state index contributed by atoms with van der Waals surface area (Å²) in [6.45, 7) is 4.81. The topological polar surface area (TPSA) is 34.1 Å². The molecule has 1 heterocycles. The van der Waals surface area contributed by atoms with Crippen molar-refractivity contribution >= 4 is 0 Å². The fraction of sp³-hybridized carbons (Fsp3) is 0.615. The van der Waals surface area contributed by atoms with E-state index in [0.29, 0.717) is 6.61 Å². The van der Waals surface area contributed by atoms with Gasteiger partial charge >= 0.3 is 0 Å². The molecule has 0 radical (unpaired) electrons. The molecule has 3 heteroatoms. The van der Waals surface area contributed by atoms with Crippen LogP contribution in [0.5, 0.6) is 5.88 Å². The molecule has 0 spiro atoms. The quantitative estimate of drug-likeness (QED) is 0.744. The van der Waals surface area contributed by atoms with Crippen LogP contribution in [0.15, 0.2) is 12.1 Å². The van der Waals surface area contributed by atoms with Gasteiger partial charge in [0.15, 0.2) is 0 Å². The van der Waals surface area contributed by atoms with Gasteiger partial charge in [-0.15, -0.1) is 0 Å². The highest BCUT2D eigenvalue weighted by Crippen LogP contribution is 2.22. The van der Waals surface area contributed by atoms with Crippen molar-refractivity contribution in [1.29, 1.82) is 0 Å². The molecule has 0 aromatic carbocycles. The SMILES string of the molecule is CCCNCCOc1ccc2c(n1)CCC2. The maximum atomic E-state index is 5.60. The van der Waals surface area contributed by atoms with Crippen LogP contribution in [0, 0.1) is 0 Å². The Labute approximate surface area is 97.2 Å². The Balaban J connectivity index is 1.77. The van der Waals surface area contributed by atoms with E-state index < -0.39 is 0 Å². The Bertz CT molecular complexity index is 339. The van der Waals surface area contributed by atoms with E-state index in [1.807, 2.05) is 6.07 Å². The van der Waals surface area contributed by atoms with Crippen LogP contribution >= 0.6 is 0 Å². The monoisotopic (exact) mass is 220 g/mol. The standard InChI is InChI=1S/C13H20N2O/c1-2-8-14-9-10-16-13-7-6-11-4-3-5-12(11)15-13/h6-7,14H,2-5,8-10H2,1H3. The fourth-order valence-corrected chi connectivity index (χ4v) is 2.01. The average molecular weight is 220 g/mol. The van der Waals surface area contributed by atoms with E-state index in [4.69, 9.17) is 4.74 Å². The number of ether oxygens (including phenoxy) is 1. The number of nitrogens with one attached hydrogen (secondary N) is 1. The van der Waals surface area contributed by atoms with Crippen molar-refractivity contribution < 1.29 is 4.74 Å². The summed E-state index contributed by atoms with van der Waals surface area (Å²) in [4.78, 5) is 4.52. The lowest BCUT2D eigenvalue weighted by Crippen LogP contribution is -2.21. The second-order valence-corrected chi connectivity index (χ2v) is 4.21. The van der Waals surface area contributed by atoms with Crippen molar-refractivity contribution in [3.05, 3.63) is 23.4 Å². The van der Waals surface area contributed by atoms with E-state index in [1.54, 1.807) is 0 Å². The largest absolute Gasteiger partial charge is 0.476 e. The van der Waals surface area contributed by atoms with Crippen LogP contribution in [0.2, 0.25) is 0 Å². The van der Waals surface area contributed by atoms with Gasteiger partial charge in [0.25, 0.3) is 0 Å². The summed E-state index contributed by atoms with van der Waals surface area (Å²) >= 11 is 0. The van der Waals surface area contributed by atoms with Gasteiger partial charge in [0, 0.05) is 18.3 Å². The van der Waals surface area contributed by atoms with Crippen molar-refractivity contribution in [2.45, 2.75) is 32.6 Å². The van der Waals surface area contributed by atoms with Gasteiger partial charge in [-0.2, -0.15) is 0 Å². The van der Waals surface area contributed by atoms with Gasteiger partial charge in [0.05, 0.1) is 0 Å². The number of pyridine rings is 1. The van der Waals surface area contributed by atoms with Gasteiger partial charge in [-0.3, -0.25) is 0 Å². The summed E-state index contributed by atoms with van der Waals surface area (Å²) in [6, 6.07) is 4.15. The lowest BCUT2D eigenvalue weighted by Gasteiger charge is -2.07. The van der Waals surface area contributed by atoms with E-state index >= 15 is 0 Å². The highest BCUT2D eigenvalue weighted by atomic mass is 16.5. The highest BCUT2D eigenvalue weighted by molar-refractivity contribution is 5.29. The number of aryl methyl sites for hydroxylation is 2. The molecule has 1 aromatic rings. The normalized spacial score (nSPS) is 13.8. The molecule has 0 atom stereocenters. The molecule has 1 N–H and O–H groups in total. The van der Waals surface area contributed by atoms with Crippen LogP contribution in [-0.2, 0) is 12.8 Å². The molecule has 16 heavy (non-hydrogen) atoms. The fourth-order valence-electron chi connectivity index (χ4n) is 2.01. The van der Waals surface area contributed by atoms with Gasteiger partial charge in [0.1, 0.15) is 6.61 Å². The molecule has 88 valence electrons. The van der Waals surface area contributed by atoms with Crippen molar-refractivity contribution in [3.63, 3.8) is 0 Å². The first-order valence-electron chi connectivity index (χ1n) is 6.22. The summed E-state index contributed by atoms with van der Waals surface area (Å²) in [5, 5.41) is 3.30. The zero-order chi connectivity index (χ0) is 11.2. The minimum atomic E-state index is 0.700. The molecule has 0 unspecified atom stereocenters. The third-order valence-electron chi connectivity index (χ3n) is 2.86. The zero-order valence-corrected chi connectivity index (χ0v) is 9.96. The summed E-state index contributed by atoms with van der Waals surface area (Å²) in [5.41, 5.74) is 2.63. The molecule has 1 aromatic heterocycles. The predicted octanol–water partition coefficient (Wildman–Crippen LogP) is 1.95. The molecule has 0 amide bonds. The van der Waals surface area contributed by atoms with Crippen molar-refractivity contribution in [2.24, 2.45) is 0 Å². The van der Waals surface area contributed by atoms with Gasteiger partial charge in [0.2, 0.25) is 5.88 Å². The highest BCUT2D eigenvalue weighted by Gasteiger charge is 2.12.